The van der Waals surface area contributed by atoms with Gasteiger partial charge in [-0.2, -0.15) is 0 Å². The largest absolute Gasteiger partial charge is 0.449 e. The lowest BCUT2D eigenvalue weighted by Gasteiger charge is -2.20. The number of aliphatic hydroxyl groups excluding tert-OH is 2. The Labute approximate surface area is 329 Å². The molecule has 290 valence electrons. The minimum absolute atomic E-state index is 0.0427. The summed E-state index contributed by atoms with van der Waals surface area (Å²) < 4.78 is 5.79. The maximum Gasteiger partial charge on any atom is 0.407 e. The van der Waals surface area contributed by atoms with Gasteiger partial charge in [0.1, 0.15) is 12.6 Å². The third kappa shape index (κ3) is 7.98. The van der Waals surface area contributed by atoms with Crippen molar-refractivity contribution in [1.82, 2.24) is 10.6 Å². The monoisotopic (exact) mass is 765 g/mol. The second-order valence-electron chi connectivity index (χ2n) is 14.5. The highest BCUT2D eigenvalue weighted by atomic mass is 16.5. The van der Waals surface area contributed by atoms with Crippen molar-refractivity contribution in [1.29, 1.82) is 0 Å². The number of anilines is 1. The molecule has 5 aromatic rings. The first-order valence-corrected chi connectivity index (χ1v) is 18.9. The minimum atomic E-state index is -1.15. The number of alkyl carbamates (subject to hydrolysis) is 1. The number of ether oxygens (including phenoxy) is 1. The lowest BCUT2D eigenvalue weighted by molar-refractivity contribution is -0.120. The number of carbonyl (C=O) groups excluding carboxylic acids is 4. The fourth-order valence-corrected chi connectivity index (χ4v) is 8.12. The topological polar surface area (TPSA) is 171 Å². The zero-order valence-electron chi connectivity index (χ0n) is 31.6. The molecule has 7 rings (SSSR count). The van der Waals surface area contributed by atoms with E-state index in [0.717, 1.165) is 33.4 Å². The molecule has 2 atom stereocenters. The number of carbonyl (C=O) groups is 4. The number of benzene rings is 4. The van der Waals surface area contributed by atoms with Crippen LogP contribution in [0.25, 0.3) is 22.3 Å². The van der Waals surface area contributed by atoms with Gasteiger partial charge in [0.25, 0.3) is 0 Å². The summed E-state index contributed by atoms with van der Waals surface area (Å²) in [5.74, 6) is -1.18. The molecule has 5 N–H and O–H groups in total. The van der Waals surface area contributed by atoms with E-state index in [1.807, 2.05) is 79.7 Å². The minimum Gasteiger partial charge on any atom is -0.449 e. The maximum absolute atomic E-state index is 14.1. The Bertz CT molecular complexity index is 2400. The summed E-state index contributed by atoms with van der Waals surface area (Å²) in [7, 11) is 0. The summed E-state index contributed by atoms with van der Waals surface area (Å²) in [5, 5.41) is 28.7. The smallest absolute Gasteiger partial charge is 0.407 e. The van der Waals surface area contributed by atoms with Gasteiger partial charge in [-0.3, -0.25) is 19.2 Å². The van der Waals surface area contributed by atoms with Crippen molar-refractivity contribution < 1.29 is 34.1 Å². The zero-order valence-corrected chi connectivity index (χ0v) is 31.6. The molecule has 2 aliphatic rings. The van der Waals surface area contributed by atoms with Crippen molar-refractivity contribution in [2.24, 2.45) is 0 Å². The van der Waals surface area contributed by atoms with E-state index in [2.05, 4.69) is 16.0 Å². The third-order valence-electron chi connectivity index (χ3n) is 10.9. The van der Waals surface area contributed by atoms with Gasteiger partial charge in [0.2, 0.25) is 17.2 Å². The lowest BCUT2D eigenvalue weighted by Crippen LogP contribution is -2.46. The Morgan fingerprint density at radius 2 is 1.54 bits per heavy atom. The molecular weight excluding hydrogens is 723 g/mol. The van der Waals surface area contributed by atoms with Gasteiger partial charge in [-0.25, -0.2) is 4.79 Å². The number of hydrogen-bond acceptors (Lipinski definition) is 8. The molecule has 3 amide bonds. The zero-order chi connectivity index (χ0) is 40.2. The van der Waals surface area contributed by atoms with Crippen LogP contribution in [0.4, 0.5) is 10.5 Å². The van der Waals surface area contributed by atoms with Crippen LogP contribution in [0.15, 0.2) is 102 Å². The van der Waals surface area contributed by atoms with Gasteiger partial charge in [0, 0.05) is 24.8 Å². The highest BCUT2D eigenvalue weighted by Gasteiger charge is 2.31. The summed E-state index contributed by atoms with van der Waals surface area (Å²) in [6, 6.07) is 27.8. The molecule has 0 saturated heterocycles. The van der Waals surface area contributed by atoms with E-state index in [1.54, 1.807) is 12.1 Å². The standard InChI is InChI=1S/C46H43N3O8/c1-26-11-13-28(14-12-26)19-42(49-46(56)57-25-39-33-9-5-3-7-31(33)32-8-4-6-10-34(32)39)45(55)48-41-18-16-35-36(21-43(41)54)40(47-27(2)53)17-15-29-20-30(22-50)37(23-51)38(24-52)44(29)35/h3-14,16,18,20-21,24,39-40,42,50-51H,15,17,19,22-23,25H2,1-2H3,(H,47,53)(H,49,56)(H,48,54,55)/t40-,42-/m0/s1. The molecule has 0 aromatic heterocycles. The van der Waals surface area contributed by atoms with Gasteiger partial charge in [-0.15, -0.1) is 0 Å². The molecule has 0 fully saturated rings. The third-order valence-corrected chi connectivity index (χ3v) is 10.9. The second-order valence-corrected chi connectivity index (χ2v) is 14.5. The second kappa shape index (κ2) is 16.7. The SMILES string of the molecule is CC(=O)N[C@H]1CCc2cc(CO)c(CO)c(C=O)c2-c2ccc(NC(=O)[C@H](Cc3ccc(C)cc3)NC(=O)OCC3c4ccccc4-c4ccccc43)c(=O)cc21. The fourth-order valence-electron chi connectivity index (χ4n) is 8.12. The lowest BCUT2D eigenvalue weighted by atomic mass is 9.87. The van der Waals surface area contributed by atoms with Crippen molar-refractivity contribution in [3.05, 3.63) is 157 Å². The van der Waals surface area contributed by atoms with Gasteiger partial charge in [0.05, 0.1) is 24.9 Å². The summed E-state index contributed by atoms with van der Waals surface area (Å²) in [6.45, 7) is 2.45. The van der Waals surface area contributed by atoms with Crippen molar-refractivity contribution in [3.8, 4) is 22.3 Å². The molecule has 0 bridgehead atoms. The summed E-state index contributed by atoms with van der Waals surface area (Å²) >= 11 is 0. The van der Waals surface area contributed by atoms with E-state index in [9.17, 15) is 34.2 Å². The number of amides is 3. The van der Waals surface area contributed by atoms with Crippen molar-refractivity contribution in [2.45, 2.75) is 64.3 Å². The van der Waals surface area contributed by atoms with Crippen molar-refractivity contribution in [2.75, 3.05) is 11.9 Å². The molecule has 0 heterocycles. The molecule has 0 saturated carbocycles. The van der Waals surface area contributed by atoms with Gasteiger partial charge in [-0.05, 0) is 93.1 Å². The average Bonchev–Trinajstić information content (AvgIpc) is 3.34. The summed E-state index contributed by atoms with van der Waals surface area (Å²) in [4.78, 5) is 66.5. The molecule has 0 spiro atoms. The summed E-state index contributed by atoms with van der Waals surface area (Å²) in [5.41, 5.74) is 8.25. The highest BCUT2D eigenvalue weighted by molar-refractivity contribution is 5.97. The van der Waals surface area contributed by atoms with E-state index in [0.29, 0.717) is 46.9 Å². The number of rotatable bonds is 11. The van der Waals surface area contributed by atoms with E-state index < -0.39 is 42.7 Å². The molecule has 57 heavy (non-hydrogen) atoms. The van der Waals surface area contributed by atoms with Crippen molar-refractivity contribution in [3.63, 3.8) is 0 Å². The van der Waals surface area contributed by atoms with Crippen LogP contribution in [0.1, 0.15) is 80.2 Å². The molecule has 5 aromatic carbocycles. The number of nitrogens with one attached hydrogen (secondary N) is 3. The first-order valence-electron chi connectivity index (χ1n) is 18.9. The molecular formula is C46H43N3O8. The van der Waals surface area contributed by atoms with E-state index >= 15 is 0 Å². The first-order chi connectivity index (χ1) is 27.6. The van der Waals surface area contributed by atoms with Crippen LogP contribution in [0.2, 0.25) is 0 Å². The number of hydrogen-bond donors (Lipinski definition) is 5. The number of aryl methyl sites for hydroxylation is 2. The van der Waals surface area contributed by atoms with Crippen LogP contribution in [0.3, 0.4) is 0 Å². The van der Waals surface area contributed by atoms with Gasteiger partial charge < -0.3 is 30.9 Å². The molecule has 11 heteroatoms. The predicted octanol–water partition coefficient (Wildman–Crippen LogP) is 6.03. The Kier molecular flexibility index (Phi) is 11.4. The van der Waals surface area contributed by atoms with Crippen LogP contribution >= 0.6 is 0 Å². The number of fused-ring (bicyclic) bond motifs is 6. The fraction of sp³-hybridized carbons (Fsp3) is 0.239. The Morgan fingerprint density at radius 1 is 0.860 bits per heavy atom. The van der Waals surface area contributed by atoms with Crippen LogP contribution in [0, 0.1) is 6.92 Å². The maximum atomic E-state index is 14.1. The first kappa shape index (κ1) is 38.8. The van der Waals surface area contributed by atoms with Gasteiger partial charge >= 0.3 is 6.09 Å². The highest BCUT2D eigenvalue weighted by Crippen LogP contribution is 2.45. The molecule has 0 unspecified atom stereocenters. The van der Waals surface area contributed by atoms with Gasteiger partial charge in [0.15, 0.2) is 6.29 Å². The van der Waals surface area contributed by atoms with Crippen LogP contribution in [0.5, 0.6) is 0 Å². The molecule has 0 radical (unpaired) electrons. The van der Waals surface area contributed by atoms with Gasteiger partial charge in [-0.1, -0.05) is 90.5 Å². The van der Waals surface area contributed by atoms with Crippen LogP contribution in [-0.4, -0.2) is 47.1 Å². The van der Waals surface area contributed by atoms with Crippen molar-refractivity contribution >= 4 is 29.9 Å². The Balaban J connectivity index is 1.20. The predicted molar refractivity (Wildman–Crippen MR) is 216 cm³/mol. The molecule has 2 aliphatic carbocycles. The molecule has 11 nitrogen and oxygen atoms in total. The average molecular weight is 766 g/mol. The van der Waals surface area contributed by atoms with Crippen LogP contribution < -0.4 is 21.4 Å². The number of aldehydes is 1. The normalized spacial score (nSPS) is 14.5. The van der Waals surface area contributed by atoms with E-state index in [-0.39, 0.29) is 41.7 Å². The summed E-state index contributed by atoms with van der Waals surface area (Å²) in [6.07, 6.45) is 0.685. The Hall–Kier alpha value is -6.43. The number of aliphatic hydroxyl groups is 2. The Morgan fingerprint density at radius 3 is 2.18 bits per heavy atom. The van der Waals surface area contributed by atoms with Crippen LogP contribution in [-0.2, 0) is 40.4 Å². The van der Waals surface area contributed by atoms with E-state index in [4.69, 9.17) is 4.74 Å². The van der Waals surface area contributed by atoms with E-state index in [1.165, 1.54) is 19.1 Å². The quantitative estimate of drug-likeness (QED) is 0.102. The molecule has 0 aliphatic heterocycles.